The van der Waals surface area contributed by atoms with Crippen LogP contribution in [0, 0.1) is 5.21 Å². The molecule has 4 nitrogen and oxygen atoms in total. The number of quaternary nitrogens is 1. The quantitative estimate of drug-likeness (QED) is 0.491. The highest BCUT2D eigenvalue weighted by Crippen LogP contribution is 2.28. The summed E-state index contributed by atoms with van der Waals surface area (Å²) < 4.78 is 5.53. The summed E-state index contributed by atoms with van der Waals surface area (Å²) in [7, 11) is 1.68. The topological polar surface area (TPSA) is 49.4 Å². The lowest BCUT2D eigenvalue weighted by Gasteiger charge is -2.43. The van der Waals surface area contributed by atoms with E-state index in [1.165, 1.54) is 0 Å². The number of hydrogen-bond donors (Lipinski definition) is 0. The van der Waals surface area contributed by atoms with Crippen LogP contribution >= 0.6 is 0 Å². The Morgan fingerprint density at radius 1 is 1.00 bits per heavy atom. The van der Waals surface area contributed by atoms with Crippen LogP contribution in [0.25, 0.3) is 0 Å². The highest BCUT2D eigenvalue weighted by atomic mass is 16.6. The molecule has 126 valence electrons. The number of carbonyl (C=O) groups is 1. The van der Waals surface area contributed by atoms with Crippen molar-refractivity contribution in [2.24, 2.45) is 0 Å². The average Bonchev–Trinajstić information content (AvgIpc) is 2.59. The molecule has 4 heteroatoms. The SMILES string of the molecule is C[N+]1([O-])CCC(OC(=O)C(c2ccccc2)c2ccccc2)CC1. The second-order valence-electron chi connectivity index (χ2n) is 6.63. The summed E-state index contributed by atoms with van der Waals surface area (Å²) in [5.41, 5.74) is 1.85. The van der Waals surface area contributed by atoms with Gasteiger partial charge in [-0.05, 0) is 11.1 Å². The number of rotatable bonds is 4. The van der Waals surface area contributed by atoms with Gasteiger partial charge in [-0.25, -0.2) is 0 Å². The number of hydroxylamine groups is 3. The van der Waals surface area contributed by atoms with Crippen molar-refractivity contribution in [1.82, 2.24) is 0 Å². The van der Waals surface area contributed by atoms with Crippen LogP contribution in [0.1, 0.15) is 29.9 Å². The first-order valence-electron chi connectivity index (χ1n) is 8.41. The maximum atomic E-state index is 12.9. The third kappa shape index (κ3) is 4.02. The van der Waals surface area contributed by atoms with Gasteiger partial charge in [-0.3, -0.25) is 4.79 Å². The Morgan fingerprint density at radius 3 is 1.92 bits per heavy atom. The standard InChI is InChI=1S/C20H23NO3/c1-21(23)14-12-18(13-15-21)24-20(22)19(16-8-4-2-5-9-16)17-10-6-3-7-11-17/h2-11,18-19H,12-15H2,1H3. The van der Waals surface area contributed by atoms with E-state index < -0.39 is 5.92 Å². The Morgan fingerprint density at radius 2 is 1.46 bits per heavy atom. The monoisotopic (exact) mass is 325 g/mol. The van der Waals surface area contributed by atoms with Gasteiger partial charge in [0.05, 0.1) is 20.1 Å². The fraction of sp³-hybridized carbons (Fsp3) is 0.350. The first-order chi connectivity index (χ1) is 11.6. The maximum Gasteiger partial charge on any atom is 0.318 e. The molecule has 0 spiro atoms. The second-order valence-corrected chi connectivity index (χ2v) is 6.63. The van der Waals surface area contributed by atoms with Crippen molar-refractivity contribution in [3.8, 4) is 0 Å². The molecule has 0 unspecified atom stereocenters. The zero-order chi connectivity index (χ0) is 17.0. The number of esters is 1. The Bertz CT molecular complexity index is 620. The van der Waals surface area contributed by atoms with E-state index in [0.29, 0.717) is 25.9 Å². The van der Waals surface area contributed by atoms with Crippen LogP contribution in [0.2, 0.25) is 0 Å². The summed E-state index contributed by atoms with van der Waals surface area (Å²) in [5, 5.41) is 11.9. The summed E-state index contributed by atoms with van der Waals surface area (Å²) in [6.45, 7) is 0.999. The van der Waals surface area contributed by atoms with E-state index in [9.17, 15) is 10.0 Å². The third-order valence-corrected chi connectivity index (χ3v) is 4.63. The smallest absolute Gasteiger partial charge is 0.318 e. The predicted octanol–water partition coefficient (Wildman–Crippen LogP) is 3.47. The van der Waals surface area contributed by atoms with Crippen molar-refractivity contribution in [3.05, 3.63) is 77.0 Å². The van der Waals surface area contributed by atoms with E-state index in [1.807, 2.05) is 60.7 Å². The molecule has 1 aliphatic rings. The minimum atomic E-state index is -0.428. The molecule has 2 aromatic carbocycles. The normalized spacial score (nSPS) is 23.9. The van der Waals surface area contributed by atoms with E-state index in [1.54, 1.807) is 7.05 Å². The van der Waals surface area contributed by atoms with Gasteiger partial charge in [0.1, 0.15) is 12.0 Å². The van der Waals surface area contributed by atoms with Gasteiger partial charge < -0.3 is 14.6 Å². The van der Waals surface area contributed by atoms with Crippen molar-refractivity contribution in [1.29, 1.82) is 0 Å². The van der Waals surface area contributed by atoms with Gasteiger partial charge in [0.15, 0.2) is 0 Å². The van der Waals surface area contributed by atoms with Crippen LogP contribution in [-0.2, 0) is 9.53 Å². The molecule has 0 saturated carbocycles. The summed E-state index contributed by atoms with van der Waals surface area (Å²) in [6, 6.07) is 19.4. The van der Waals surface area contributed by atoms with Crippen LogP contribution in [-0.4, -0.2) is 36.9 Å². The van der Waals surface area contributed by atoms with Crippen molar-refractivity contribution in [2.45, 2.75) is 24.9 Å². The average molecular weight is 325 g/mol. The Balaban J connectivity index is 1.78. The molecule has 1 heterocycles. The Hall–Kier alpha value is -2.17. The van der Waals surface area contributed by atoms with E-state index in [4.69, 9.17) is 4.74 Å². The first kappa shape index (κ1) is 16.7. The lowest BCUT2D eigenvalue weighted by Crippen LogP contribution is -2.47. The number of ether oxygens (including phenoxy) is 1. The number of hydrogen-bond acceptors (Lipinski definition) is 3. The zero-order valence-corrected chi connectivity index (χ0v) is 13.9. The molecular weight excluding hydrogens is 302 g/mol. The largest absolute Gasteiger partial charge is 0.633 e. The number of benzene rings is 2. The van der Waals surface area contributed by atoms with Gasteiger partial charge in [-0.2, -0.15) is 0 Å². The number of nitrogens with zero attached hydrogens (tertiary/aromatic N) is 1. The fourth-order valence-corrected chi connectivity index (χ4v) is 3.20. The molecule has 0 aromatic heterocycles. The van der Waals surface area contributed by atoms with Gasteiger partial charge in [0.2, 0.25) is 0 Å². The molecule has 0 radical (unpaired) electrons. The summed E-state index contributed by atoms with van der Waals surface area (Å²) in [4.78, 5) is 12.9. The van der Waals surface area contributed by atoms with E-state index in [0.717, 1.165) is 11.1 Å². The Kier molecular flexibility index (Phi) is 4.97. The minimum absolute atomic E-state index is 0.160. The molecule has 0 bridgehead atoms. The van der Waals surface area contributed by atoms with Crippen molar-refractivity contribution >= 4 is 5.97 Å². The van der Waals surface area contributed by atoms with Crippen LogP contribution < -0.4 is 0 Å². The van der Waals surface area contributed by atoms with Gasteiger partial charge in [0.25, 0.3) is 0 Å². The summed E-state index contributed by atoms with van der Waals surface area (Å²) in [6.07, 6.45) is 1.09. The highest BCUT2D eigenvalue weighted by Gasteiger charge is 2.30. The van der Waals surface area contributed by atoms with Crippen LogP contribution in [0.5, 0.6) is 0 Å². The molecule has 1 aliphatic heterocycles. The Labute approximate surface area is 142 Å². The van der Waals surface area contributed by atoms with Crippen molar-refractivity contribution in [2.75, 3.05) is 20.1 Å². The van der Waals surface area contributed by atoms with Gasteiger partial charge in [-0.1, -0.05) is 60.7 Å². The molecular formula is C20H23NO3. The molecule has 3 rings (SSSR count). The lowest BCUT2D eigenvalue weighted by atomic mass is 9.91. The van der Waals surface area contributed by atoms with E-state index in [-0.39, 0.29) is 16.7 Å². The maximum absolute atomic E-state index is 12.9. The lowest BCUT2D eigenvalue weighted by molar-refractivity contribution is -0.866. The van der Waals surface area contributed by atoms with E-state index in [2.05, 4.69) is 0 Å². The summed E-state index contributed by atoms with van der Waals surface area (Å²) in [5.74, 6) is -0.665. The third-order valence-electron chi connectivity index (χ3n) is 4.63. The van der Waals surface area contributed by atoms with Crippen molar-refractivity contribution < 1.29 is 14.2 Å². The van der Waals surface area contributed by atoms with Gasteiger partial charge >= 0.3 is 5.97 Å². The first-order valence-corrected chi connectivity index (χ1v) is 8.41. The minimum Gasteiger partial charge on any atom is -0.633 e. The van der Waals surface area contributed by atoms with Crippen LogP contribution in [0.15, 0.2) is 60.7 Å². The molecule has 0 amide bonds. The molecule has 0 atom stereocenters. The number of likely N-dealkylation sites (tertiary alicyclic amines) is 1. The molecule has 1 saturated heterocycles. The number of carbonyl (C=O) groups excluding carboxylic acids is 1. The van der Waals surface area contributed by atoms with Crippen LogP contribution in [0.4, 0.5) is 0 Å². The van der Waals surface area contributed by atoms with Gasteiger partial charge in [0, 0.05) is 12.8 Å². The van der Waals surface area contributed by atoms with Gasteiger partial charge in [-0.15, -0.1) is 0 Å². The van der Waals surface area contributed by atoms with Crippen molar-refractivity contribution in [3.63, 3.8) is 0 Å². The second kappa shape index (κ2) is 7.16. The van der Waals surface area contributed by atoms with Crippen LogP contribution in [0.3, 0.4) is 0 Å². The molecule has 2 aromatic rings. The zero-order valence-electron chi connectivity index (χ0n) is 13.9. The molecule has 0 aliphatic carbocycles. The van der Waals surface area contributed by atoms with E-state index >= 15 is 0 Å². The fourth-order valence-electron chi connectivity index (χ4n) is 3.20. The summed E-state index contributed by atoms with van der Waals surface area (Å²) >= 11 is 0. The molecule has 24 heavy (non-hydrogen) atoms. The predicted molar refractivity (Wildman–Crippen MR) is 93.1 cm³/mol. The number of piperidine rings is 1. The molecule has 0 N–H and O–H groups in total. The molecule has 1 fully saturated rings. The highest BCUT2D eigenvalue weighted by molar-refractivity contribution is 5.82.